The van der Waals surface area contributed by atoms with Crippen molar-refractivity contribution in [1.29, 1.82) is 0 Å². The molecular weight excluding hydrogens is 378 g/mol. The van der Waals surface area contributed by atoms with E-state index in [2.05, 4.69) is 77.0 Å². The van der Waals surface area contributed by atoms with E-state index in [-0.39, 0.29) is 0 Å². The smallest absolute Gasteiger partial charge is 0.108 e. The van der Waals surface area contributed by atoms with Gasteiger partial charge in [0, 0.05) is 25.3 Å². The van der Waals surface area contributed by atoms with Crippen molar-refractivity contribution in [1.82, 2.24) is 4.90 Å². The van der Waals surface area contributed by atoms with E-state index in [4.69, 9.17) is 4.74 Å². The van der Waals surface area contributed by atoms with E-state index in [0.29, 0.717) is 18.6 Å². The van der Waals surface area contributed by atoms with E-state index in [9.17, 15) is 0 Å². The van der Waals surface area contributed by atoms with E-state index < -0.39 is 0 Å². The van der Waals surface area contributed by atoms with Gasteiger partial charge in [0.1, 0.15) is 6.61 Å². The maximum absolute atomic E-state index is 5.79. The molecule has 0 radical (unpaired) electrons. The summed E-state index contributed by atoms with van der Waals surface area (Å²) in [4.78, 5) is 2.57. The van der Waals surface area contributed by atoms with Crippen molar-refractivity contribution in [3.05, 3.63) is 0 Å². The Labute approximate surface area is 195 Å². The summed E-state index contributed by atoms with van der Waals surface area (Å²) in [7, 11) is 0. The van der Waals surface area contributed by atoms with Crippen LogP contribution in [0.2, 0.25) is 0 Å². The van der Waals surface area contributed by atoms with Gasteiger partial charge in [0.05, 0.1) is 6.10 Å². The average molecular weight is 430 g/mol. The van der Waals surface area contributed by atoms with Crippen LogP contribution in [-0.4, -0.2) is 37.2 Å². The Kier molecular flexibility index (Phi) is 15.1. The standard InChI is InChI=1S/C15H26O.C14H25N/c1-12(2)6-5-11-16-15-9-7-14(8-10-15)13(3)4;1-4-5-6-7-10-15-11-8-14(9-12-15)13(2)3/h12-15H,7-11H2,1-4H3;13-14H,4,7-12H2,1-3H3. The average Bonchev–Trinajstić information content (AvgIpc) is 2.75. The molecule has 2 aliphatic rings. The molecule has 31 heavy (non-hydrogen) atoms. The highest BCUT2D eigenvalue weighted by atomic mass is 16.5. The number of piperidine rings is 1. The summed E-state index contributed by atoms with van der Waals surface area (Å²) in [5.74, 6) is 16.6. The third kappa shape index (κ3) is 13.2. The van der Waals surface area contributed by atoms with Gasteiger partial charge in [-0.2, -0.15) is 0 Å². The lowest BCUT2D eigenvalue weighted by molar-refractivity contribution is 0.0314. The molecule has 1 heterocycles. The fraction of sp³-hybridized carbons (Fsp3) is 0.862. The van der Waals surface area contributed by atoms with Crippen molar-refractivity contribution in [3.8, 4) is 23.7 Å². The van der Waals surface area contributed by atoms with Crippen LogP contribution in [0.15, 0.2) is 0 Å². The Balaban J connectivity index is 0.000000311. The highest BCUT2D eigenvalue weighted by molar-refractivity contribution is 5.01. The van der Waals surface area contributed by atoms with E-state index >= 15 is 0 Å². The molecule has 1 aliphatic carbocycles. The van der Waals surface area contributed by atoms with Crippen LogP contribution in [0.1, 0.15) is 99.8 Å². The highest BCUT2D eigenvalue weighted by Gasteiger charge is 2.23. The molecule has 1 saturated heterocycles. The molecule has 178 valence electrons. The number of nitrogens with zero attached hydrogens (tertiary/aromatic N) is 1. The topological polar surface area (TPSA) is 12.5 Å². The molecule has 1 aliphatic heterocycles. The Bertz CT molecular complexity index is 555. The van der Waals surface area contributed by atoms with Crippen molar-refractivity contribution < 1.29 is 4.74 Å². The minimum absolute atomic E-state index is 0.459. The van der Waals surface area contributed by atoms with Crippen molar-refractivity contribution in [2.24, 2.45) is 29.6 Å². The van der Waals surface area contributed by atoms with Crippen LogP contribution < -0.4 is 0 Å². The number of ether oxygens (including phenoxy) is 1. The predicted octanol–water partition coefficient (Wildman–Crippen LogP) is 7.04. The molecule has 2 nitrogen and oxygen atoms in total. The maximum atomic E-state index is 5.79. The molecule has 0 aromatic heterocycles. The minimum Gasteiger partial charge on any atom is -0.366 e. The van der Waals surface area contributed by atoms with E-state index in [1.54, 1.807) is 0 Å². The number of rotatable bonds is 6. The zero-order chi connectivity index (χ0) is 23.1. The fourth-order valence-electron chi connectivity index (χ4n) is 4.60. The molecular formula is C29H51NO. The molecule has 0 spiro atoms. The van der Waals surface area contributed by atoms with Crippen LogP contribution in [0.4, 0.5) is 0 Å². The molecule has 0 aromatic rings. The molecule has 2 heteroatoms. The SMILES string of the molecule is CC(C)C#CCOC1CCC(C(C)C)CC1.CCC#CCCN1CCC(C(C)C)CC1. The van der Waals surface area contributed by atoms with Gasteiger partial charge in [-0.05, 0) is 75.3 Å². The van der Waals surface area contributed by atoms with Gasteiger partial charge in [-0.1, -0.05) is 60.3 Å². The van der Waals surface area contributed by atoms with Gasteiger partial charge in [0.25, 0.3) is 0 Å². The number of hydrogen-bond acceptors (Lipinski definition) is 2. The lowest BCUT2D eigenvalue weighted by Crippen LogP contribution is -2.35. The molecule has 1 saturated carbocycles. The second-order valence-electron chi connectivity index (χ2n) is 10.4. The second kappa shape index (κ2) is 16.6. The van der Waals surface area contributed by atoms with Gasteiger partial charge in [-0.3, -0.25) is 0 Å². The Hall–Kier alpha value is -0.960. The van der Waals surface area contributed by atoms with Crippen LogP contribution in [0.5, 0.6) is 0 Å². The largest absolute Gasteiger partial charge is 0.366 e. The lowest BCUT2D eigenvalue weighted by atomic mass is 9.80. The van der Waals surface area contributed by atoms with E-state index in [0.717, 1.165) is 36.5 Å². The lowest BCUT2D eigenvalue weighted by Gasteiger charge is -2.33. The summed E-state index contributed by atoms with van der Waals surface area (Å²) in [6, 6.07) is 0. The third-order valence-electron chi connectivity index (χ3n) is 6.87. The Morgan fingerprint density at radius 2 is 1.35 bits per heavy atom. The van der Waals surface area contributed by atoms with Gasteiger partial charge in [-0.15, -0.1) is 11.8 Å². The quantitative estimate of drug-likeness (QED) is 0.420. The van der Waals surface area contributed by atoms with Crippen molar-refractivity contribution >= 4 is 0 Å². The van der Waals surface area contributed by atoms with Crippen LogP contribution in [-0.2, 0) is 4.74 Å². The normalized spacial score (nSPS) is 22.4. The van der Waals surface area contributed by atoms with Crippen molar-refractivity contribution in [3.63, 3.8) is 0 Å². The van der Waals surface area contributed by atoms with Gasteiger partial charge < -0.3 is 9.64 Å². The summed E-state index contributed by atoms with van der Waals surface area (Å²) >= 11 is 0. The summed E-state index contributed by atoms with van der Waals surface area (Å²) in [5.41, 5.74) is 0. The Morgan fingerprint density at radius 1 is 0.774 bits per heavy atom. The van der Waals surface area contributed by atoms with Crippen molar-refractivity contribution in [2.75, 3.05) is 26.2 Å². The van der Waals surface area contributed by atoms with Gasteiger partial charge in [0.15, 0.2) is 0 Å². The molecule has 0 aromatic carbocycles. The Morgan fingerprint density at radius 3 is 1.87 bits per heavy atom. The van der Waals surface area contributed by atoms with Crippen molar-refractivity contribution in [2.45, 2.75) is 106 Å². The van der Waals surface area contributed by atoms with Crippen LogP contribution in [0.3, 0.4) is 0 Å². The summed E-state index contributed by atoms with van der Waals surface area (Å²) in [6.07, 6.45) is 10.4. The maximum Gasteiger partial charge on any atom is 0.108 e. The van der Waals surface area contributed by atoms with E-state index in [1.807, 2.05) is 0 Å². The molecule has 2 fully saturated rings. The summed E-state index contributed by atoms with van der Waals surface area (Å²) in [6.45, 7) is 20.1. The highest BCUT2D eigenvalue weighted by Crippen LogP contribution is 2.31. The third-order valence-corrected chi connectivity index (χ3v) is 6.87. The molecule has 0 atom stereocenters. The fourth-order valence-corrected chi connectivity index (χ4v) is 4.60. The molecule has 0 bridgehead atoms. The zero-order valence-corrected chi connectivity index (χ0v) is 21.8. The first-order valence-corrected chi connectivity index (χ1v) is 13.1. The van der Waals surface area contributed by atoms with Gasteiger partial charge in [-0.25, -0.2) is 0 Å². The number of hydrogen-bond donors (Lipinski definition) is 0. The predicted molar refractivity (Wildman–Crippen MR) is 136 cm³/mol. The molecule has 2 rings (SSSR count). The first kappa shape index (κ1) is 28.1. The molecule has 0 N–H and O–H groups in total. The van der Waals surface area contributed by atoms with Crippen LogP contribution in [0, 0.1) is 53.3 Å². The summed E-state index contributed by atoms with van der Waals surface area (Å²) in [5, 5.41) is 0. The number of likely N-dealkylation sites (tertiary alicyclic amines) is 1. The van der Waals surface area contributed by atoms with E-state index in [1.165, 1.54) is 58.2 Å². The zero-order valence-electron chi connectivity index (χ0n) is 21.8. The first-order valence-electron chi connectivity index (χ1n) is 13.1. The van der Waals surface area contributed by atoms with Crippen LogP contribution >= 0.6 is 0 Å². The van der Waals surface area contributed by atoms with Gasteiger partial charge >= 0.3 is 0 Å². The molecule has 0 unspecified atom stereocenters. The second-order valence-corrected chi connectivity index (χ2v) is 10.4. The van der Waals surface area contributed by atoms with Crippen LogP contribution in [0.25, 0.3) is 0 Å². The molecule has 0 amide bonds. The minimum atomic E-state index is 0.459. The van der Waals surface area contributed by atoms with Gasteiger partial charge in [0.2, 0.25) is 0 Å². The summed E-state index contributed by atoms with van der Waals surface area (Å²) < 4.78 is 5.79. The first-order chi connectivity index (χ1) is 14.8. The monoisotopic (exact) mass is 429 g/mol.